The van der Waals surface area contributed by atoms with Crippen molar-refractivity contribution in [1.82, 2.24) is 0 Å². The third kappa shape index (κ3) is 2.48. The van der Waals surface area contributed by atoms with Gasteiger partial charge in [-0.2, -0.15) is 0 Å². The zero-order valence-electron chi connectivity index (χ0n) is 10.1. The Labute approximate surface area is 106 Å². The Morgan fingerprint density at radius 1 is 1.44 bits per heavy atom. The smallest absolute Gasteiger partial charge is 0.338 e. The van der Waals surface area contributed by atoms with Crippen LogP contribution in [0.2, 0.25) is 0 Å². The first kappa shape index (κ1) is 12.9. The highest BCUT2D eigenvalue weighted by atomic mass is 32.2. The summed E-state index contributed by atoms with van der Waals surface area (Å²) >= 11 is 0. The number of benzene rings is 1. The van der Waals surface area contributed by atoms with Crippen LogP contribution in [0.4, 0.5) is 5.69 Å². The first-order valence-electron chi connectivity index (χ1n) is 5.82. The fourth-order valence-electron chi connectivity index (χ4n) is 1.86. The molecule has 1 N–H and O–H groups in total. The van der Waals surface area contributed by atoms with Crippen LogP contribution in [0.5, 0.6) is 0 Å². The number of carbonyl (C=O) groups excluding carboxylic acids is 1. The Morgan fingerprint density at radius 3 is 2.94 bits per heavy atom. The second-order valence-electron chi connectivity index (χ2n) is 4.03. The van der Waals surface area contributed by atoms with Crippen LogP contribution in [-0.4, -0.2) is 33.3 Å². The standard InChI is InChI=1S/C12H15NO4S/c1-2-17-12(14)9-4-5-10-11(8-9)18(15,16)7-3-6-13-10/h4-5,8,13H,2-3,6-7H2,1H3. The molecule has 0 aliphatic carbocycles. The molecule has 1 aromatic rings. The Kier molecular flexibility index (Phi) is 3.56. The largest absolute Gasteiger partial charge is 0.462 e. The molecule has 1 heterocycles. The number of fused-ring (bicyclic) bond motifs is 1. The highest BCUT2D eigenvalue weighted by Crippen LogP contribution is 2.27. The summed E-state index contributed by atoms with van der Waals surface area (Å²) in [6.07, 6.45) is 0.561. The van der Waals surface area contributed by atoms with Crippen molar-refractivity contribution < 1.29 is 17.9 Å². The van der Waals surface area contributed by atoms with E-state index in [-0.39, 0.29) is 22.8 Å². The maximum Gasteiger partial charge on any atom is 0.338 e. The van der Waals surface area contributed by atoms with Crippen molar-refractivity contribution in [2.24, 2.45) is 0 Å². The van der Waals surface area contributed by atoms with Gasteiger partial charge in [-0.05, 0) is 31.5 Å². The summed E-state index contributed by atoms with van der Waals surface area (Å²) < 4.78 is 28.9. The van der Waals surface area contributed by atoms with E-state index < -0.39 is 15.8 Å². The van der Waals surface area contributed by atoms with Gasteiger partial charge in [0.2, 0.25) is 0 Å². The number of ether oxygens (including phenoxy) is 1. The van der Waals surface area contributed by atoms with E-state index in [4.69, 9.17) is 4.74 Å². The zero-order chi connectivity index (χ0) is 13.2. The second-order valence-corrected chi connectivity index (χ2v) is 6.11. The average Bonchev–Trinajstić information content (AvgIpc) is 2.48. The molecule has 0 amide bonds. The van der Waals surface area contributed by atoms with Gasteiger partial charge in [0.05, 0.1) is 28.5 Å². The Morgan fingerprint density at radius 2 is 2.22 bits per heavy atom. The van der Waals surface area contributed by atoms with E-state index in [0.717, 1.165) is 0 Å². The fourth-order valence-corrected chi connectivity index (χ4v) is 3.39. The van der Waals surface area contributed by atoms with Crippen molar-refractivity contribution in [3.8, 4) is 0 Å². The second kappa shape index (κ2) is 4.97. The molecule has 0 atom stereocenters. The molecule has 0 spiro atoms. The lowest BCUT2D eigenvalue weighted by Crippen LogP contribution is -2.09. The average molecular weight is 269 g/mol. The molecule has 0 aromatic heterocycles. The van der Waals surface area contributed by atoms with Gasteiger partial charge in [-0.1, -0.05) is 0 Å². The predicted molar refractivity (Wildman–Crippen MR) is 67.6 cm³/mol. The summed E-state index contributed by atoms with van der Waals surface area (Å²) in [4.78, 5) is 11.8. The highest BCUT2D eigenvalue weighted by molar-refractivity contribution is 7.91. The van der Waals surface area contributed by atoms with Crippen LogP contribution in [0.3, 0.4) is 0 Å². The third-order valence-electron chi connectivity index (χ3n) is 2.73. The lowest BCUT2D eigenvalue weighted by Gasteiger charge is -2.09. The number of anilines is 1. The number of carbonyl (C=O) groups is 1. The molecule has 1 aromatic carbocycles. The Bertz CT molecular complexity index is 565. The number of esters is 1. The lowest BCUT2D eigenvalue weighted by molar-refractivity contribution is 0.0526. The minimum Gasteiger partial charge on any atom is -0.462 e. The van der Waals surface area contributed by atoms with E-state index in [2.05, 4.69) is 5.32 Å². The van der Waals surface area contributed by atoms with Crippen molar-refractivity contribution in [1.29, 1.82) is 0 Å². The normalized spacial score (nSPS) is 17.2. The molecule has 2 rings (SSSR count). The minimum absolute atomic E-state index is 0.0965. The molecule has 98 valence electrons. The quantitative estimate of drug-likeness (QED) is 0.823. The van der Waals surface area contributed by atoms with Crippen LogP contribution in [0.15, 0.2) is 23.1 Å². The van der Waals surface area contributed by atoms with Crippen LogP contribution in [0, 0.1) is 0 Å². The number of hydrogen-bond acceptors (Lipinski definition) is 5. The maximum atomic E-state index is 12.0. The zero-order valence-corrected chi connectivity index (χ0v) is 10.9. The molecule has 1 aliphatic rings. The fraction of sp³-hybridized carbons (Fsp3) is 0.417. The van der Waals surface area contributed by atoms with Gasteiger partial charge in [0.1, 0.15) is 0 Å². The lowest BCUT2D eigenvalue weighted by atomic mass is 10.2. The highest BCUT2D eigenvalue weighted by Gasteiger charge is 2.23. The van der Waals surface area contributed by atoms with Crippen molar-refractivity contribution in [3.63, 3.8) is 0 Å². The molecule has 18 heavy (non-hydrogen) atoms. The van der Waals surface area contributed by atoms with Crippen molar-refractivity contribution >= 4 is 21.5 Å². The minimum atomic E-state index is -3.32. The summed E-state index contributed by atoms with van der Waals surface area (Å²) in [5.74, 6) is -0.404. The monoisotopic (exact) mass is 269 g/mol. The molecule has 0 bridgehead atoms. The van der Waals surface area contributed by atoms with E-state index in [1.165, 1.54) is 6.07 Å². The SMILES string of the molecule is CCOC(=O)c1ccc2c(c1)S(=O)(=O)CCCN2. The van der Waals surface area contributed by atoms with Gasteiger partial charge in [-0.3, -0.25) is 0 Å². The molecule has 1 aliphatic heterocycles. The van der Waals surface area contributed by atoms with E-state index in [1.807, 2.05) is 0 Å². The van der Waals surface area contributed by atoms with Gasteiger partial charge in [0.25, 0.3) is 0 Å². The number of rotatable bonds is 2. The number of sulfone groups is 1. The topological polar surface area (TPSA) is 72.5 Å². The van der Waals surface area contributed by atoms with Crippen molar-refractivity contribution in [3.05, 3.63) is 23.8 Å². The molecular formula is C12H15NO4S. The Balaban J connectivity index is 2.47. The summed E-state index contributed by atoms with van der Waals surface area (Å²) in [5, 5.41) is 3.05. The third-order valence-corrected chi connectivity index (χ3v) is 4.57. The molecule has 0 fully saturated rings. The number of nitrogens with one attached hydrogen (secondary N) is 1. The van der Waals surface area contributed by atoms with Gasteiger partial charge < -0.3 is 10.1 Å². The maximum absolute atomic E-state index is 12.0. The van der Waals surface area contributed by atoms with Crippen molar-refractivity contribution in [2.45, 2.75) is 18.2 Å². The predicted octanol–water partition coefficient (Wildman–Crippen LogP) is 1.45. The van der Waals surface area contributed by atoms with Crippen molar-refractivity contribution in [2.75, 3.05) is 24.2 Å². The van der Waals surface area contributed by atoms with E-state index in [1.54, 1.807) is 19.1 Å². The van der Waals surface area contributed by atoms with E-state index >= 15 is 0 Å². The van der Waals surface area contributed by atoms with E-state index in [0.29, 0.717) is 18.7 Å². The molecule has 0 saturated heterocycles. The summed E-state index contributed by atoms with van der Waals surface area (Å²) in [5.41, 5.74) is 0.823. The van der Waals surface area contributed by atoms with Crippen LogP contribution >= 0.6 is 0 Å². The summed E-state index contributed by atoms with van der Waals surface area (Å²) in [6, 6.07) is 4.58. The van der Waals surface area contributed by atoms with Gasteiger partial charge in [-0.15, -0.1) is 0 Å². The van der Waals surface area contributed by atoms with Crippen LogP contribution in [0.25, 0.3) is 0 Å². The van der Waals surface area contributed by atoms with Gasteiger partial charge in [0.15, 0.2) is 9.84 Å². The first-order valence-corrected chi connectivity index (χ1v) is 7.47. The molecule has 5 nitrogen and oxygen atoms in total. The summed E-state index contributed by atoms with van der Waals surface area (Å²) in [7, 11) is -3.32. The Hall–Kier alpha value is -1.56. The van der Waals surface area contributed by atoms with Gasteiger partial charge >= 0.3 is 5.97 Å². The van der Waals surface area contributed by atoms with E-state index in [9.17, 15) is 13.2 Å². The van der Waals surface area contributed by atoms with Crippen LogP contribution < -0.4 is 5.32 Å². The molecule has 0 radical (unpaired) electrons. The molecule has 0 saturated carbocycles. The van der Waals surface area contributed by atoms with Gasteiger partial charge in [-0.25, -0.2) is 13.2 Å². The summed E-state index contributed by atoms with van der Waals surface area (Å²) in [6.45, 7) is 2.59. The number of hydrogen-bond donors (Lipinski definition) is 1. The first-order chi connectivity index (χ1) is 8.54. The molecule has 0 unspecified atom stereocenters. The van der Waals surface area contributed by atoms with Gasteiger partial charge in [0, 0.05) is 6.54 Å². The molecule has 6 heteroatoms. The molecular weight excluding hydrogens is 254 g/mol. The van der Waals surface area contributed by atoms with Crippen LogP contribution in [-0.2, 0) is 14.6 Å². The van der Waals surface area contributed by atoms with Crippen LogP contribution in [0.1, 0.15) is 23.7 Å².